The summed E-state index contributed by atoms with van der Waals surface area (Å²) in [6, 6.07) is 12.0. The molecule has 0 aliphatic rings. The number of anilines is 2. The molecule has 0 saturated carbocycles. The van der Waals surface area contributed by atoms with Crippen LogP contribution in [-0.4, -0.2) is 27.9 Å². The van der Waals surface area contributed by atoms with Gasteiger partial charge in [0.25, 0.3) is 0 Å². The first-order valence-electron chi connectivity index (χ1n) is 8.44. The van der Waals surface area contributed by atoms with Gasteiger partial charge in [-0.15, -0.1) is 6.58 Å². The zero-order valence-electron chi connectivity index (χ0n) is 14.9. The molecule has 2 heterocycles. The fourth-order valence-electron chi connectivity index (χ4n) is 2.45. The summed E-state index contributed by atoms with van der Waals surface area (Å²) in [5, 5.41) is 8.35. The van der Waals surface area contributed by atoms with E-state index in [1.54, 1.807) is 40.8 Å². The zero-order valence-corrected chi connectivity index (χ0v) is 15.6. The van der Waals surface area contributed by atoms with Gasteiger partial charge in [0.15, 0.2) is 5.15 Å². The largest absolute Gasteiger partial charge is 0.334 e. The Morgan fingerprint density at radius 1 is 1.11 bits per heavy atom. The number of aromatic nitrogens is 2. The van der Waals surface area contributed by atoms with Crippen LogP contribution < -0.4 is 16.0 Å². The highest BCUT2D eigenvalue weighted by molar-refractivity contribution is 6.31. The summed E-state index contributed by atoms with van der Waals surface area (Å²) in [6.45, 7) is 3.91. The van der Waals surface area contributed by atoms with Crippen molar-refractivity contribution in [3.05, 3.63) is 78.2 Å². The Labute approximate surface area is 166 Å². The third-order valence-electron chi connectivity index (χ3n) is 3.73. The molecule has 0 spiro atoms. The second kappa shape index (κ2) is 8.88. The molecule has 7 nitrogen and oxygen atoms in total. The van der Waals surface area contributed by atoms with Gasteiger partial charge in [0.2, 0.25) is 5.91 Å². The van der Waals surface area contributed by atoms with Crippen molar-refractivity contribution in [1.29, 1.82) is 0 Å². The molecule has 0 atom stereocenters. The number of nitrogens with one attached hydrogen (secondary N) is 3. The first kappa shape index (κ1) is 19.2. The van der Waals surface area contributed by atoms with Crippen molar-refractivity contribution in [2.75, 3.05) is 17.2 Å². The van der Waals surface area contributed by atoms with E-state index in [1.165, 1.54) is 6.08 Å². The van der Waals surface area contributed by atoms with Crippen LogP contribution >= 0.6 is 11.6 Å². The highest BCUT2D eigenvalue weighted by Gasteiger charge is 2.07. The normalized spacial score (nSPS) is 10.8. The van der Waals surface area contributed by atoms with Crippen LogP contribution in [0.4, 0.5) is 16.2 Å². The Balaban J connectivity index is 1.61. The SMILES string of the molecule is C=CCNC(=O)Nc1ccc(NC(=O)/C=C/c2c(Cl)nc3ccccn23)cc1. The number of nitrogens with zero attached hydrogens (tertiary/aromatic N) is 2. The number of urea groups is 1. The number of halogens is 1. The van der Waals surface area contributed by atoms with E-state index in [0.717, 1.165) is 0 Å². The molecule has 2 aromatic heterocycles. The summed E-state index contributed by atoms with van der Waals surface area (Å²) < 4.78 is 1.80. The maximum absolute atomic E-state index is 12.2. The number of hydrogen-bond acceptors (Lipinski definition) is 3. The van der Waals surface area contributed by atoms with Crippen LogP contribution in [0.3, 0.4) is 0 Å². The quantitative estimate of drug-likeness (QED) is 0.436. The number of rotatable bonds is 6. The molecular formula is C20H18ClN5O2. The second-order valence-electron chi connectivity index (χ2n) is 5.74. The summed E-state index contributed by atoms with van der Waals surface area (Å²) in [7, 11) is 0. The van der Waals surface area contributed by atoms with Crippen LogP contribution in [-0.2, 0) is 4.79 Å². The molecule has 8 heteroatoms. The monoisotopic (exact) mass is 395 g/mol. The predicted molar refractivity (Wildman–Crippen MR) is 112 cm³/mol. The topological polar surface area (TPSA) is 87.5 Å². The Kier molecular flexibility index (Phi) is 6.08. The van der Waals surface area contributed by atoms with Crippen LogP contribution in [0.1, 0.15) is 5.69 Å². The number of pyridine rings is 1. The number of imidazole rings is 1. The van der Waals surface area contributed by atoms with Crippen molar-refractivity contribution >= 4 is 46.6 Å². The van der Waals surface area contributed by atoms with Crippen molar-refractivity contribution in [1.82, 2.24) is 14.7 Å². The maximum atomic E-state index is 12.2. The number of carbonyl (C=O) groups excluding carboxylic acids is 2. The van der Waals surface area contributed by atoms with Crippen LogP contribution in [0.15, 0.2) is 67.4 Å². The first-order chi connectivity index (χ1) is 13.6. The average molecular weight is 396 g/mol. The first-order valence-corrected chi connectivity index (χ1v) is 8.82. The predicted octanol–water partition coefficient (Wildman–Crippen LogP) is 3.95. The van der Waals surface area contributed by atoms with E-state index in [9.17, 15) is 9.59 Å². The van der Waals surface area contributed by atoms with E-state index in [1.807, 2.05) is 24.4 Å². The fraction of sp³-hybridized carbons (Fsp3) is 0.0500. The molecule has 142 valence electrons. The lowest BCUT2D eigenvalue weighted by atomic mass is 10.2. The summed E-state index contributed by atoms with van der Waals surface area (Å²) in [5.74, 6) is -0.314. The lowest BCUT2D eigenvalue weighted by molar-refractivity contribution is -0.111. The van der Waals surface area contributed by atoms with E-state index in [2.05, 4.69) is 27.5 Å². The smallest absolute Gasteiger partial charge is 0.319 e. The van der Waals surface area contributed by atoms with Gasteiger partial charge in [-0.25, -0.2) is 9.78 Å². The molecule has 0 aliphatic heterocycles. The van der Waals surface area contributed by atoms with Gasteiger partial charge in [0, 0.05) is 30.2 Å². The number of benzene rings is 1. The molecule has 3 aromatic rings. The number of hydrogen-bond donors (Lipinski definition) is 3. The highest BCUT2D eigenvalue weighted by atomic mass is 35.5. The van der Waals surface area contributed by atoms with Crippen molar-refractivity contribution < 1.29 is 9.59 Å². The molecule has 3 rings (SSSR count). The van der Waals surface area contributed by atoms with Gasteiger partial charge in [0.1, 0.15) is 5.65 Å². The van der Waals surface area contributed by atoms with Gasteiger partial charge in [-0.1, -0.05) is 23.7 Å². The summed E-state index contributed by atoms with van der Waals surface area (Å²) in [4.78, 5) is 28.0. The third-order valence-corrected chi connectivity index (χ3v) is 4.01. The van der Waals surface area contributed by atoms with E-state index in [-0.39, 0.29) is 11.9 Å². The lowest BCUT2D eigenvalue weighted by Gasteiger charge is -2.07. The standard InChI is InChI=1S/C20H18ClN5O2/c1-2-12-22-20(28)24-15-8-6-14(7-9-15)23-18(27)11-10-16-19(21)25-17-5-3-4-13-26(16)17/h2-11,13H,1,12H2,(H,23,27)(H2,22,24,28)/b11-10+. The van der Waals surface area contributed by atoms with Crippen molar-refractivity contribution in [2.45, 2.75) is 0 Å². The van der Waals surface area contributed by atoms with Gasteiger partial charge < -0.3 is 16.0 Å². The van der Waals surface area contributed by atoms with E-state index in [0.29, 0.717) is 34.4 Å². The minimum atomic E-state index is -0.329. The lowest BCUT2D eigenvalue weighted by Crippen LogP contribution is -2.28. The molecule has 1 aromatic carbocycles. The van der Waals surface area contributed by atoms with Crippen LogP contribution in [0.2, 0.25) is 5.15 Å². The van der Waals surface area contributed by atoms with E-state index >= 15 is 0 Å². The van der Waals surface area contributed by atoms with Crippen LogP contribution in [0.25, 0.3) is 11.7 Å². The number of amides is 3. The molecule has 0 unspecified atom stereocenters. The molecule has 3 amide bonds. The van der Waals surface area contributed by atoms with Gasteiger partial charge >= 0.3 is 6.03 Å². The fourth-order valence-corrected chi connectivity index (χ4v) is 2.69. The zero-order chi connectivity index (χ0) is 19.9. The van der Waals surface area contributed by atoms with Crippen LogP contribution in [0.5, 0.6) is 0 Å². The Morgan fingerprint density at radius 3 is 2.54 bits per heavy atom. The Bertz CT molecular complexity index is 1040. The molecular weight excluding hydrogens is 378 g/mol. The summed E-state index contributed by atoms with van der Waals surface area (Å²) in [6.07, 6.45) is 6.41. The number of fused-ring (bicyclic) bond motifs is 1. The summed E-state index contributed by atoms with van der Waals surface area (Å²) >= 11 is 6.14. The third kappa shape index (κ3) is 4.77. The molecule has 0 aliphatic carbocycles. The van der Waals surface area contributed by atoms with Crippen molar-refractivity contribution in [2.24, 2.45) is 0 Å². The molecule has 0 bridgehead atoms. The number of carbonyl (C=O) groups is 2. The minimum absolute atomic E-state index is 0.314. The van der Waals surface area contributed by atoms with Gasteiger partial charge in [-0.3, -0.25) is 9.20 Å². The van der Waals surface area contributed by atoms with Crippen molar-refractivity contribution in [3.8, 4) is 0 Å². The average Bonchev–Trinajstić information content (AvgIpc) is 3.01. The van der Waals surface area contributed by atoms with Crippen molar-refractivity contribution in [3.63, 3.8) is 0 Å². The molecule has 0 radical (unpaired) electrons. The van der Waals surface area contributed by atoms with E-state index in [4.69, 9.17) is 11.6 Å². The highest BCUT2D eigenvalue weighted by Crippen LogP contribution is 2.19. The Morgan fingerprint density at radius 2 is 1.82 bits per heavy atom. The second-order valence-corrected chi connectivity index (χ2v) is 6.10. The molecule has 0 saturated heterocycles. The van der Waals surface area contributed by atoms with E-state index < -0.39 is 0 Å². The summed E-state index contributed by atoms with van der Waals surface area (Å²) in [5.41, 5.74) is 2.52. The maximum Gasteiger partial charge on any atom is 0.319 e. The minimum Gasteiger partial charge on any atom is -0.334 e. The van der Waals surface area contributed by atoms with Gasteiger partial charge in [-0.05, 0) is 42.5 Å². The molecule has 3 N–H and O–H groups in total. The molecule has 28 heavy (non-hydrogen) atoms. The Hall–Kier alpha value is -3.58. The van der Waals surface area contributed by atoms with Crippen LogP contribution in [0, 0.1) is 0 Å². The molecule has 0 fully saturated rings. The van der Waals surface area contributed by atoms with Gasteiger partial charge in [-0.2, -0.15) is 0 Å². The van der Waals surface area contributed by atoms with Gasteiger partial charge in [0.05, 0.1) is 5.69 Å².